The fourth-order valence-electron chi connectivity index (χ4n) is 1.80. The van der Waals surface area contributed by atoms with Gasteiger partial charge in [-0.3, -0.25) is 4.79 Å². The Hall–Kier alpha value is -1.03. The molecule has 0 aliphatic carbocycles. The number of halogens is 1. The first-order valence-corrected chi connectivity index (χ1v) is 6.06. The molecule has 1 aromatic rings. The molecule has 1 heterocycles. The number of carbonyl (C=O) groups excluding carboxylic acids is 1. The number of fused-ring (bicyclic) bond motifs is 1. The summed E-state index contributed by atoms with van der Waals surface area (Å²) in [6, 6.07) is 3.84. The minimum Gasteiger partial charge on any atom is -0.478 e. The van der Waals surface area contributed by atoms with Gasteiger partial charge in [-0.25, -0.2) is 0 Å². The Bertz CT molecular complexity index is 443. The second-order valence-corrected chi connectivity index (χ2v) is 5.29. The molecule has 1 aliphatic heterocycles. The largest absolute Gasteiger partial charge is 0.478 e. The number of benzene rings is 1. The van der Waals surface area contributed by atoms with E-state index in [4.69, 9.17) is 4.74 Å². The van der Waals surface area contributed by atoms with Crippen LogP contribution in [0.4, 0.5) is 5.69 Å². The third-order valence-electron chi connectivity index (χ3n) is 2.61. The molecule has 0 fully saturated rings. The smallest absolute Gasteiger partial charge is 0.265 e. The second kappa shape index (κ2) is 4.09. The van der Waals surface area contributed by atoms with Crippen LogP contribution in [0.3, 0.4) is 0 Å². The first-order chi connectivity index (χ1) is 7.49. The first-order valence-electron chi connectivity index (χ1n) is 5.26. The van der Waals surface area contributed by atoms with E-state index in [9.17, 15) is 4.79 Å². The lowest BCUT2D eigenvalue weighted by molar-refractivity contribution is -0.125. The number of aryl methyl sites for hydroxylation is 1. The number of rotatable bonds is 1. The van der Waals surface area contributed by atoms with Gasteiger partial charge in [0.05, 0.1) is 5.69 Å². The van der Waals surface area contributed by atoms with Crippen LogP contribution in [0.15, 0.2) is 16.6 Å². The molecule has 2 rings (SSSR count). The van der Waals surface area contributed by atoms with Crippen LogP contribution in [0.25, 0.3) is 0 Å². The fraction of sp³-hybridized carbons (Fsp3) is 0.417. The van der Waals surface area contributed by atoms with Crippen molar-refractivity contribution in [1.82, 2.24) is 0 Å². The maximum atomic E-state index is 11.8. The van der Waals surface area contributed by atoms with Gasteiger partial charge in [0.15, 0.2) is 6.10 Å². The molecule has 1 N–H and O–H groups in total. The van der Waals surface area contributed by atoms with E-state index in [1.807, 2.05) is 32.9 Å². The van der Waals surface area contributed by atoms with Crippen LogP contribution in [0, 0.1) is 12.8 Å². The molecule has 0 radical (unpaired) electrons. The Balaban J connectivity index is 2.43. The van der Waals surface area contributed by atoms with Crippen molar-refractivity contribution in [3.8, 4) is 5.75 Å². The van der Waals surface area contributed by atoms with Gasteiger partial charge in [-0.1, -0.05) is 29.8 Å². The van der Waals surface area contributed by atoms with Crippen LogP contribution in [-0.4, -0.2) is 12.0 Å². The number of ether oxygens (including phenoxy) is 1. The molecule has 0 saturated heterocycles. The summed E-state index contributed by atoms with van der Waals surface area (Å²) >= 11 is 3.40. The zero-order valence-electron chi connectivity index (χ0n) is 9.50. The van der Waals surface area contributed by atoms with Gasteiger partial charge in [-0.05, 0) is 30.5 Å². The van der Waals surface area contributed by atoms with Crippen LogP contribution in [-0.2, 0) is 4.79 Å². The molecule has 16 heavy (non-hydrogen) atoms. The van der Waals surface area contributed by atoms with E-state index in [0.717, 1.165) is 21.5 Å². The summed E-state index contributed by atoms with van der Waals surface area (Å²) in [5.74, 6) is 0.873. The number of amides is 1. The molecule has 3 nitrogen and oxygen atoms in total. The van der Waals surface area contributed by atoms with E-state index in [1.165, 1.54) is 0 Å². The van der Waals surface area contributed by atoms with Gasteiger partial charge < -0.3 is 10.1 Å². The molecule has 1 aliphatic rings. The van der Waals surface area contributed by atoms with Crippen LogP contribution >= 0.6 is 15.9 Å². The number of nitrogens with one attached hydrogen (secondary N) is 1. The quantitative estimate of drug-likeness (QED) is 0.860. The van der Waals surface area contributed by atoms with Gasteiger partial charge in [0.2, 0.25) is 0 Å². The maximum Gasteiger partial charge on any atom is 0.265 e. The SMILES string of the molecule is Cc1cc(Br)cc2c1OC(C(C)C)C(=O)N2. The average molecular weight is 284 g/mol. The lowest BCUT2D eigenvalue weighted by Gasteiger charge is -2.29. The molecule has 0 spiro atoms. The van der Waals surface area contributed by atoms with Gasteiger partial charge in [-0.15, -0.1) is 0 Å². The van der Waals surface area contributed by atoms with E-state index >= 15 is 0 Å². The van der Waals surface area contributed by atoms with Crippen molar-refractivity contribution >= 4 is 27.5 Å². The van der Waals surface area contributed by atoms with E-state index in [1.54, 1.807) is 0 Å². The van der Waals surface area contributed by atoms with Crippen molar-refractivity contribution < 1.29 is 9.53 Å². The zero-order valence-corrected chi connectivity index (χ0v) is 11.1. The Morgan fingerprint density at radius 1 is 1.44 bits per heavy atom. The van der Waals surface area contributed by atoms with Crippen LogP contribution in [0.1, 0.15) is 19.4 Å². The topological polar surface area (TPSA) is 38.3 Å². The van der Waals surface area contributed by atoms with Gasteiger partial charge in [-0.2, -0.15) is 0 Å². The number of hydrogen-bond acceptors (Lipinski definition) is 2. The molecule has 1 unspecified atom stereocenters. The highest BCUT2D eigenvalue weighted by molar-refractivity contribution is 9.10. The first kappa shape index (κ1) is 11.5. The number of anilines is 1. The predicted molar refractivity (Wildman–Crippen MR) is 66.8 cm³/mol. The van der Waals surface area contributed by atoms with Crippen molar-refractivity contribution in [2.24, 2.45) is 5.92 Å². The maximum absolute atomic E-state index is 11.8. The summed E-state index contributed by atoms with van der Waals surface area (Å²) in [7, 11) is 0. The summed E-state index contributed by atoms with van der Waals surface area (Å²) in [5, 5.41) is 2.88. The highest BCUT2D eigenvalue weighted by atomic mass is 79.9. The minimum absolute atomic E-state index is 0.0694. The molecule has 0 aromatic heterocycles. The van der Waals surface area contributed by atoms with Crippen molar-refractivity contribution in [1.29, 1.82) is 0 Å². The lowest BCUT2D eigenvalue weighted by atomic mass is 10.0. The second-order valence-electron chi connectivity index (χ2n) is 4.37. The van der Waals surface area contributed by atoms with E-state index in [0.29, 0.717) is 0 Å². The lowest BCUT2D eigenvalue weighted by Crippen LogP contribution is -2.40. The van der Waals surface area contributed by atoms with Crippen LogP contribution < -0.4 is 10.1 Å². The monoisotopic (exact) mass is 283 g/mol. The molecule has 0 saturated carbocycles. The number of hydrogen-bond donors (Lipinski definition) is 1. The van der Waals surface area contributed by atoms with Crippen molar-refractivity contribution in [3.63, 3.8) is 0 Å². The van der Waals surface area contributed by atoms with Gasteiger partial charge >= 0.3 is 0 Å². The Labute approximate surface area is 103 Å². The molecule has 1 amide bonds. The van der Waals surface area contributed by atoms with Gasteiger partial charge in [0.25, 0.3) is 5.91 Å². The standard InChI is InChI=1S/C12H14BrNO2/c1-6(2)10-12(15)14-9-5-8(13)4-7(3)11(9)16-10/h4-6,10H,1-3H3,(H,14,15). The zero-order chi connectivity index (χ0) is 11.9. The van der Waals surface area contributed by atoms with E-state index in [2.05, 4.69) is 21.2 Å². The van der Waals surface area contributed by atoms with Gasteiger partial charge in [0, 0.05) is 4.47 Å². The summed E-state index contributed by atoms with van der Waals surface area (Å²) < 4.78 is 6.70. The molecule has 86 valence electrons. The molecular weight excluding hydrogens is 270 g/mol. The summed E-state index contributed by atoms with van der Waals surface area (Å²) in [4.78, 5) is 11.8. The number of carbonyl (C=O) groups is 1. The highest BCUT2D eigenvalue weighted by Gasteiger charge is 2.31. The summed E-state index contributed by atoms with van der Waals surface area (Å²) in [6.07, 6.45) is -0.396. The minimum atomic E-state index is -0.396. The average Bonchev–Trinajstić information content (AvgIpc) is 2.15. The molecule has 4 heteroatoms. The molecule has 1 aromatic carbocycles. The highest BCUT2D eigenvalue weighted by Crippen LogP contribution is 2.36. The van der Waals surface area contributed by atoms with E-state index < -0.39 is 6.10 Å². The third-order valence-corrected chi connectivity index (χ3v) is 3.06. The van der Waals surface area contributed by atoms with Crippen molar-refractivity contribution in [3.05, 3.63) is 22.2 Å². The van der Waals surface area contributed by atoms with E-state index in [-0.39, 0.29) is 11.8 Å². The molecular formula is C12H14BrNO2. The van der Waals surface area contributed by atoms with Crippen molar-refractivity contribution in [2.45, 2.75) is 26.9 Å². The third kappa shape index (κ3) is 1.94. The fourth-order valence-corrected chi connectivity index (χ4v) is 2.37. The summed E-state index contributed by atoms with van der Waals surface area (Å²) in [5.41, 5.74) is 1.77. The predicted octanol–water partition coefficient (Wildman–Crippen LogP) is 3.11. The Morgan fingerprint density at radius 2 is 2.12 bits per heavy atom. The molecule has 1 atom stereocenters. The van der Waals surface area contributed by atoms with Gasteiger partial charge in [0.1, 0.15) is 5.75 Å². The van der Waals surface area contributed by atoms with Crippen LogP contribution in [0.2, 0.25) is 0 Å². The molecule has 0 bridgehead atoms. The van der Waals surface area contributed by atoms with Crippen LogP contribution in [0.5, 0.6) is 5.75 Å². The normalized spacial score (nSPS) is 19.1. The van der Waals surface area contributed by atoms with Crippen molar-refractivity contribution in [2.75, 3.05) is 5.32 Å². The summed E-state index contributed by atoms with van der Waals surface area (Å²) in [6.45, 7) is 5.92. The Kier molecular flexibility index (Phi) is 2.93. The Morgan fingerprint density at radius 3 is 2.75 bits per heavy atom.